The van der Waals surface area contributed by atoms with Crippen LogP contribution in [-0.2, 0) is 9.59 Å². The molecular formula is C23H22O6S. The number of ether oxygens (including phenoxy) is 4. The van der Waals surface area contributed by atoms with Crippen molar-refractivity contribution in [3.63, 3.8) is 0 Å². The number of hydrogen-bond acceptors (Lipinski definition) is 7. The van der Waals surface area contributed by atoms with E-state index in [9.17, 15) is 9.59 Å². The Balaban J connectivity index is 2.11. The number of carbonyl (C=O) groups excluding carboxylic acids is 2. The number of hydrogen-bond donors (Lipinski definition) is 0. The number of carbonyl (C=O) groups is 2. The maximum Gasteiger partial charge on any atom is 0.308 e. The summed E-state index contributed by atoms with van der Waals surface area (Å²) in [5.74, 6) is 0.850. The Morgan fingerprint density at radius 2 is 1.50 bits per heavy atom. The van der Waals surface area contributed by atoms with Crippen molar-refractivity contribution < 1.29 is 28.5 Å². The summed E-state index contributed by atoms with van der Waals surface area (Å²) in [6, 6.07) is 14.9. The normalized spacial score (nSPS) is 10.5. The molecule has 0 heterocycles. The van der Waals surface area contributed by atoms with Gasteiger partial charge in [0, 0.05) is 40.5 Å². The zero-order chi connectivity index (χ0) is 21.7. The third-order valence-corrected chi connectivity index (χ3v) is 5.08. The quantitative estimate of drug-likeness (QED) is 0.377. The second kappa shape index (κ2) is 9.54. The number of benzene rings is 3. The molecule has 0 amide bonds. The molecule has 0 saturated carbocycles. The van der Waals surface area contributed by atoms with Gasteiger partial charge in [-0.25, -0.2) is 0 Å². The highest BCUT2D eigenvalue weighted by molar-refractivity contribution is 7.99. The molecule has 0 aromatic heterocycles. The van der Waals surface area contributed by atoms with E-state index in [4.69, 9.17) is 18.9 Å². The highest BCUT2D eigenvalue weighted by atomic mass is 32.2. The van der Waals surface area contributed by atoms with Gasteiger partial charge in [0.15, 0.2) is 11.5 Å². The summed E-state index contributed by atoms with van der Waals surface area (Å²) < 4.78 is 21.7. The van der Waals surface area contributed by atoms with Gasteiger partial charge in [-0.3, -0.25) is 9.59 Å². The van der Waals surface area contributed by atoms with E-state index in [1.165, 1.54) is 13.8 Å². The highest BCUT2D eigenvalue weighted by Crippen LogP contribution is 2.44. The number of methoxy groups -OCH3 is 1. The third-order valence-electron chi connectivity index (χ3n) is 4.08. The molecule has 0 aliphatic rings. The standard InChI is InChI=1S/C23H22O6S/c1-5-27-22-13-21(28-14(2)24)20-12-18(10-11-19(20)23(22)29-15(3)25)30-17-8-6-16(26-4)7-9-17/h6-13H,5H2,1-4H3. The molecule has 30 heavy (non-hydrogen) atoms. The van der Waals surface area contributed by atoms with E-state index in [1.54, 1.807) is 24.9 Å². The SMILES string of the molecule is CCOc1cc(OC(C)=O)c2cc(Sc3ccc(OC)cc3)ccc2c1OC(C)=O. The van der Waals surface area contributed by atoms with E-state index in [0.717, 1.165) is 15.5 Å². The van der Waals surface area contributed by atoms with Crippen LogP contribution in [0.25, 0.3) is 10.8 Å². The number of esters is 2. The molecule has 0 fully saturated rings. The predicted molar refractivity (Wildman–Crippen MR) is 115 cm³/mol. The molecular weight excluding hydrogens is 404 g/mol. The molecule has 0 saturated heterocycles. The monoisotopic (exact) mass is 426 g/mol. The fourth-order valence-corrected chi connectivity index (χ4v) is 3.77. The Morgan fingerprint density at radius 1 is 0.833 bits per heavy atom. The van der Waals surface area contributed by atoms with Crippen LogP contribution in [0.4, 0.5) is 0 Å². The Kier molecular flexibility index (Phi) is 6.84. The fraction of sp³-hybridized carbons (Fsp3) is 0.217. The van der Waals surface area contributed by atoms with E-state index in [1.807, 2.05) is 49.4 Å². The minimum absolute atomic E-state index is 0.302. The first-order valence-electron chi connectivity index (χ1n) is 9.33. The van der Waals surface area contributed by atoms with Gasteiger partial charge >= 0.3 is 11.9 Å². The molecule has 0 unspecified atom stereocenters. The lowest BCUT2D eigenvalue weighted by Gasteiger charge is -2.16. The van der Waals surface area contributed by atoms with Crippen molar-refractivity contribution in [1.82, 2.24) is 0 Å². The molecule has 0 aliphatic carbocycles. The maximum atomic E-state index is 11.7. The van der Waals surface area contributed by atoms with E-state index in [-0.39, 0.29) is 0 Å². The molecule has 3 rings (SSSR count). The van der Waals surface area contributed by atoms with Gasteiger partial charge < -0.3 is 18.9 Å². The first-order valence-corrected chi connectivity index (χ1v) is 10.1. The van der Waals surface area contributed by atoms with Crippen molar-refractivity contribution in [3.8, 4) is 23.0 Å². The van der Waals surface area contributed by atoms with E-state index in [2.05, 4.69) is 0 Å². The molecule has 0 bridgehead atoms. The average molecular weight is 426 g/mol. The van der Waals surface area contributed by atoms with Gasteiger partial charge in [0.05, 0.1) is 13.7 Å². The lowest BCUT2D eigenvalue weighted by atomic mass is 10.1. The van der Waals surface area contributed by atoms with E-state index < -0.39 is 11.9 Å². The molecule has 0 atom stereocenters. The smallest absolute Gasteiger partial charge is 0.308 e. The summed E-state index contributed by atoms with van der Waals surface area (Å²) in [5, 5.41) is 1.26. The van der Waals surface area contributed by atoms with Crippen molar-refractivity contribution >= 4 is 34.5 Å². The highest BCUT2D eigenvalue weighted by Gasteiger charge is 2.19. The van der Waals surface area contributed by atoms with Gasteiger partial charge in [0.25, 0.3) is 0 Å². The van der Waals surface area contributed by atoms with Crippen molar-refractivity contribution in [2.45, 2.75) is 30.6 Å². The van der Waals surface area contributed by atoms with Crippen LogP contribution in [0, 0.1) is 0 Å². The molecule has 0 spiro atoms. The molecule has 3 aromatic carbocycles. The van der Waals surface area contributed by atoms with Crippen molar-refractivity contribution in [1.29, 1.82) is 0 Å². The van der Waals surface area contributed by atoms with Gasteiger partial charge in [0.1, 0.15) is 11.5 Å². The Labute approximate surface area is 179 Å². The minimum atomic E-state index is -0.464. The van der Waals surface area contributed by atoms with Gasteiger partial charge in [-0.2, -0.15) is 0 Å². The number of rotatable bonds is 7. The molecule has 156 valence electrons. The topological polar surface area (TPSA) is 71.1 Å². The Hall–Kier alpha value is -3.19. The first kappa shape index (κ1) is 21.5. The van der Waals surface area contributed by atoms with Crippen LogP contribution < -0.4 is 18.9 Å². The summed E-state index contributed by atoms with van der Waals surface area (Å²) >= 11 is 1.55. The van der Waals surface area contributed by atoms with Crippen molar-refractivity contribution in [2.24, 2.45) is 0 Å². The van der Waals surface area contributed by atoms with Crippen LogP contribution in [-0.4, -0.2) is 25.7 Å². The second-order valence-corrected chi connectivity index (χ2v) is 7.45. The Bertz CT molecular complexity index is 1080. The largest absolute Gasteiger partial charge is 0.497 e. The third kappa shape index (κ3) is 5.04. The molecule has 7 heteroatoms. The van der Waals surface area contributed by atoms with Gasteiger partial charge in [-0.05, 0) is 49.4 Å². The van der Waals surface area contributed by atoms with Crippen LogP contribution in [0.1, 0.15) is 20.8 Å². The number of fused-ring (bicyclic) bond motifs is 1. The molecule has 3 aromatic rings. The summed E-state index contributed by atoms with van der Waals surface area (Å²) in [5.41, 5.74) is 0. The molecule has 6 nitrogen and oxygen atoms in total. The molecule has 0 aliphatic heterocycles. The first-order chi connectivity index (χ1) is 14.4. The van der Waals surface area contributed by atoms with Crippen LogP contribution >= 0.6 is 11.8 Å². The lowest BCUT2D eigenvalue weighted by molar-refractivity contribution is -0.133. The summed E-state index contributed by atoms with van der Waals surface area (Å²) in [6.07, 6.45) is 0. The summed E-state index contributed by atoms with van der Waals surface area (Å²) in [6.45, 7) is 4.85. The fourth-order valence-electron chi connectivity index (χ4n) is 2.91. The van der Waals surface area contributed by atoms with Gasteiger partial charge in [-0.1, -0.05) is 11.8 Å². The Morgan fingerprint density at radius 3 is 2.10 bits per heavy atom. The average Bonchev–Trinajstić information content (AvgIpc) is 2.71. The minimum Gasteiger partial charge on any atom is -0.497 e. The van der Waals surface area contributed by atoms with Gasteiger partial charge in [-0.15, -0.1) is 0 Å². The second-order valence-electron chi connectivity index (χ2n) is 6.31. The maximum absolute atomic E-state index is 11.7. The summed E-state index contributed by atoms with van der Waals surface area (Å²) in [7, 11) is 1.62. The molecule has 0 N–H and O–H groups in total. The predicted octanol–water partition coefficient (Wildman–Crippen LogP) is 5.25. The van der Waals surface area contributed by atoms with Gasteiger partial charge in [0.2, 0.25) is 0 Å². The lowest BCUT2D eigenvalue weighted by Crippen LogP contribution is -2.07. The van der Waals surface area contributed by atoms with Crippen LogP contribution in [0.15, 0.2) is 58.3 Å². The van der Waals surface area contributed by atoms with Crippen LogP contribution in [0.5, 0.6) is 23.0 Å². The zero-order valence-electron chi connectivity index (χ0n) is 17.2. The van der Waals surface area contributed by atoms with E-state index in [0.29, 0.717) is 34.6 Å². The summed E-state index contributed by atoms with van der Waals surface area (Å²) in [4.78, 5) is 25.3. The van der Waals surface area contributed by atoms with E-state index >= 15 is 0 Å². The van der Waals surface area contributed by atoms with Crippen LogP contribution in [0.2, 0.25) is 0 Å². The van der Waals surface area contributed by atoms with Crippen LogP contribution in [0.3, 0.4) is 0 Å². The molecule has 0 radical (unpaired) electrons. The van der Waals surface area contributed by atoms with Crippen molar-refractivity contribution in [2.75, 3.05) is 13.7 Å². The zero-order valence-corrected chi connectivity index (χ0v) is 18.0. The van der Waals surface area contributed by atoms with Crippen molar-refractivity contribution in [3.05, 3.63) is 48.5 Å².